The third-order valence-electron chi connectivity index (χ3n) is 3.22. The standard InChI is InChI=1S/C18H12BrFN2O2/c19-14-5-1-13(2-6-14)18(23)22-21-11-16-9-10-17(24-16)12-3-7-15(20)8-4-12/h1-11H,(H,22,23)/b21-11-. The monoisotopic (exact) mass is 386 g/mol. The van der Waals surface area contributed by atoms with Crippen molar-refractivity contribution in [3.63, 3.8) is 0 Å². The molecule has 4 nitrogen and oxygen atoms in total. The summed E-state index contributed by atoms with van der Waals surface area (Å²) in [5.74, 6) is 0.452. The van der Waals surface area contributed by atoms with Gasteiger partial charge in [-0.25, -0.2) is 9.82 Å². The fourth-order valence-electron chi connectivity index (χ4n) is 2.01. The van der Waals surface area contributed by atoms with E-state index in [0.717, 1.165) is 10.0 Å². The van der Waals surface area contributed by atoms with E-state index in [9.17, 15) is 9.18 Å². The van der Waals surface area contributed by atoms with Crippen molar-refractivity contribution in [2.24, 2.45) is 5.10 Å². The highest BCUT2D eigenvalue weighted by Gasteiger charge is 2.05. The SMILES string of the molecule is O=C(N/N=C\c1ccc(-c2ccc(F)cc2)o1)c1ccc(Br)cc1. The Balaban J connectivity index is 1.64. The number of nitrogens with zero attached hydrogens (tertiary/aromatic N) is 1. The minimum Gasteiger partial charge on any atom is -0.455 e. The van der Waals surface area contributed by atoms with Crippen LogP contribution in [0.3, 0.4) is 0 Å². The van der Waals surface area contributed by atoms with Gasteiger partial charge in [0, 0.05) is 15.6 Å². The Morgan fingerprint density at radius 3 is 2.46 bits per heavy atom. The van der Waals surface area contributed by atoms with E-state index in [1.165, 1.54) is 18.3 Å². The molecule has 0 aliphatic carbocycles. The minimum absolute atomic E-state index is 0.303. The van der Waals surface area contributed by atoms with Gasteiger partial charge in [-0.1, -0.05) is 15.9 Å². The molecule has 1 aromatic heterocycles. The average Bonchev–Trinajstić information content (AvgIpc) is 3.05. The van der Waals surface area contributed by atoms with Gasteiger partial charge in [0.15, 0.2) is 0 Å². The van der Waals surface area contributed by atoms with E-state index in [-0.39, 0.29) is 11.7 Å². The molecule has 0 atom stereocenters. The first-order chi connectivity index (χ1) is 11.6. The molecule has 6 heteroatoms. The van der Waals surface area contributed by atoms with Crippen LogP contribution in [-0.2, 0) is 0 Å². The number of rotatable bonds is 4. The Morgan fingerprint density at radius 2 is 1.75 bits per heavy atom. The van der Waals surface area contributed by atoms with Gasteiger partial charge in [-0.05, 0) is 60.7 Å². The maximum Gasteiger partial charge on any atom is 0.271 e. The summed E-state index contributed by atoms with van der Waals surface area (Å²) >= 11 is 3.31. The van der Waals surface area contributed by atoms with Crippen molar-refractivity contribution in [3.05, 3.63) is 82.3 Å². The van der Waals surface area contributed by atoms with Gasteiger partial charge in [-0.3, -0.25) is 4.79 Å². The van der Waals surface area contributed by atoms with Crippen LogP contribution in [0.15, 0.2) is 74.7 Å². The topological polar surface area (TPSA) is 54.6 Å². The summed E-state index contributed by atoms with van der Waals surface area (Å²) < 4.78 is 19.4. The molecule has 1 heterocycles. The van der Waals surface area contributed by atoms with Crippen LogP contribution in [0.25, 0.3) is 11.3 Å². The molecule has 24 heavy (non-hydrogen) atoms. The lowest BCUT2D eigenvalue weighted by Gasteiger charge is -1.99. The number of hydrogen-bond acceptors (Lipinski definition) is 3. The third kappa shape index (κ3) is 3.97. The molecule has 0 fully saturated rings. The van der Waals surface area contributed by atoms with Gasteiger partial charge >= 0.3 is 0 Å². The summed E-state index contributed by atoms with van der Waals surface area (Å²) in [5.41, 5.74) is 3.69. The number of hydrogen-bond donors (Lipinski definition) is 1. The average molecular weight is 387 g/mol. The van der Waals surface area contributed by atoms with Gasteiger partial charge < -0.3 is 4.42 Å². The number of nitrogens with one attached hydrogen (secondary N) is 1. The second-order valence-electron chi connectivity index (χ2n) is 4.91. The fourth-order valence-corrected chi connectivity index (χ4v) is 2.28. The molecule has 1 amide bonds. The van der Waals surface area contributed by atoms with Crippen LogP contribution in [0.1, 0.15) is 16.1 Å². The van der Waals surface area contributed by atoms with Crippen molar-refractivity contribution in [3.8, 4) is 11.3 Å². The minimum atomic E-state index is -0.316. The van der Waals surface area contributed by atoms with E-state index < -0.39 is 0 Å². The zero-order chi connectivity index (χ0) is 16.9. The highest BCUT2D eigenvalue weighted by atomic mass is 79.9. The van der Waals surface area contributed by atoms with Crippen LogP contribution in [0.2, 0.25) is 0 Å². The largest absolute Gasteiger partial charge is 0.455 e. The second kappa shape index (κ2) is 7.23. The number of halogens is 2. The van der Waals surface area contributed by atoms with E-state index in [0.29, 0.717) is 17.1 Å². The molecule has 0 aliphatic rings. The third-order valence-corrected chi connectivity index (χ3v) is 3.75. The van der Waals surface area contributed by atoms with Crippen LogP contribution in [-0.4, -0.2) is 12.1 Å². The van der Waals surface area contributed by atoms with Crippen molar-refractivity contribution in [1.29, 1.82) is 0 Å². The van der Waals surface area contributed by atoms with E-state index in [2.05, 4.69) is 26.5 Å². The molecule has 3 aromatic rings. The Kier molecular flexibility index (Phi) is 4.86. The summed E-state index contributed by atoms with van der Waals surface area (Å²) in [6, 6.07) is 16.4. The number of furan rings is 1. The summed E-state index contributed by atoms with van der Waals surface area (Å²) in [6.07, 6.45) is 1.41. The highest BCUT2D eigenvalue weighted by Crippen LogP contribution is 2.21. The first-order valence-electron chi connectivity index (χ1n) is 7.06. The Bertz CT molecular complexity index is 871. The predicted octanol–water partition coefficient (Wildman–Crippen LogP) is 4.61. The first kappa shape index (κ1) is 16.1. The van der Waals surface area contributed by atoms with Crippen molar-refractivity contribution in [2.75, 3.05) is 0 Å². The maximum absolute atomic E-state index is 12.9. The molecule has 0 bridgehead atoms. The lowest BCUT2D eigenvalue weighted by Crippen LogP contribution is -2.17. The van der Waals surface area contributed by atoms with Crippen LogP contribution in [0, 0.1) is 5.82 Å². The van der Waals surface area contributed by atoms with Crippen LogP contribution < -0.4 is 5.43 Å². The van der Waals surface area contributed by atoms with Gasteiger partial charge in [0.2, 0.25) is 0 Å². The van der Waals surface area contributed by atoms with E-state index in [1.807, 2.05) is 0 Å². The predicted molar refractivity (Wildman–Crippen MR) is 93.3 cm³/mol. The molecule has 120 valence electrons. The van der Waals surface area contributed by atoms with Crippen molar-refractivity contribution >= 4 is 28.1 Å². The molecule has 0 spiro atoms. The molecule has 0 saturated heterocycles. The lowest BCUT2D eigenvalue weighted by molar-refractivity contribution is 0.0955. The number of benzene rings is 2. The first-order valence-corrected chi connectivity index (χ1v) is 7.86. The van der Waals surface area contributed by atoms with Crippen LogP contribution >= 0.6 is 15.9 Å². The van der Waals surface area contributed by atoms with Crippen molar-refractivity contribution < 1.29 is 13.6 Å². The number of hydrazone groups is 1. The fraction of sp³-hybridized carbons (Fsp3) is 0. The molecule has 0 unspecified atom stereocenters. The van der Waals surface area contributed by atoms with Gasteiger partial charge in [0.05, 0.1) is 6.21 Å². The van der Waals surface area contributed by atoms with Crippen LogP contribution in [0.5, 0.6) is 0 Å². The summed E-state index contributed by atoms with van der Waals surface area (Å²) in [4.78, 5) is 11.9. The summed E-state index contributed by atoms with van der Waals surface area (Å²) in [6.45, 7) is 0. The molecule has 0 radical (unpaired) electrons. The van der Waals surface area contributed by atoms with E-state index in [4.69, 9.17) is 4.42 Å². The Labute approximate surface area is 146 Å². The smallest absolute Gasteiger partial charge is 0.271 e. The van der Waals surface area contributed by atoms with Gasteiger partial charge in [0.1, 0.15) is 17.3 Å². The molecule has 2 aromatic carbocycles. The summed E-state index contributed by atoms with van der Waals surface area (Å²) in [5, 5.41) is 3.87. The Hall–Kier alpha value is -2.73. The number of carbonyl (C=O) groups is 1. The number of carbonyl (C=O) groups excluding carboxylic acids is 1. The molecular weight excluding hydrogens is 375 g/mol. The highest BCUT2D eigenvalue weighted by molar-refractivity contribution is 9.10. The van der Waals surface area contributed by atoms with Gasteiger partial charge in [0.25, 0.3) is 5.91 Å². The zero-order valence-electron chi connectivity index (χ0n) is 12.4. The van der Waals surface area contributed by atoms with E-state index >= 15 is 0 Å². The van der Waals surface area contributed by atoms with Crippen LogP contribution in [0.4, 0.5) is 4.39 Å². The molecule has 3 rings (SSSR count). The number of amides is 1. The molecule has 0 saturated carbocycles. The molecule has 0 aliphatic heterocycles. The van der Waals surface area contributed by atoms with Crippen molar-refractivity contribution in [2.45, 2.75) is 0 Å². The molecule has 1 N–H and O–H groups in total. The second-order valence-corrected chi connectivity index (χ2v) is 5.83. The zero-order valence-corrected chi connectivity index (χ0v) is 14.0. The lowest BCUT2D eigenvalue weighted by atomic mass is 10.2. The molecular formula is C18H12BrFN2O2. The van der Waals surface area contributed by atoms with Gasteiger partial charge in [-0.2, -0.15) is 5.10 Å². The van der Waals surface area contributed by atoms with Gasteiger partial charge in [-0.15, -0.1) is 0 Å². The Morgan fingerprint density at radius 1 is 1.04 bits per heavy atom. The maximum atomic E-state index is 12.9. The van der Waals surface area contributed by atoms with Crippen molar-refractivity contribution in [1.82, 2.24) is 5.43 Å². The normalized spacial score (nSPS) is 10.9. The quantitative estimate of drug-likeness (QED) is 0.525. The summed E-state index contributed by atoms with van der Waals surface area (Å²) in [7, 11) is 0. The van der Waals surface area contributed by atoms with E-state index in [1.54, 1.807) is 48.5 Å².